The first-order valence-electron chi connectivity index (χ1n) is 19.9. The lowest BCUT2D eigenvalue weighted by Crippen LogP contribution is -2.34. The standard InChI is InChI=1S/C42H37Cl2F3N14O4/c1-58-40(51-28-12-11-27-25(34(28)43)18-49-55-27)54-37(57-58)22-8-10-24(32(17-22)65-4)39(63)60-15-5-6-33(60)61-30-14-13-29(35(44)26(30)19-50-61)52-41-53-36(56-59(41)2)21-7-9-23(31(16-21)64-3)38(62)48-20-42(45,46)47/h7-14,16-19,33H,5-6,15,20H2,1-4H3,(H,48,62)(H,49,55)(H,51,54,57)(H,52,53,56). The molecule has 9 rings (SSSR count). The van der Waals surface area contributed by atoms with E-state index >= 15 is 0 Å². The van der Waals surface area contributed by atoms with Gasteiger partial charge in [0, 0.05) is 42.5 Å². The Labute approximate surface area is 376 Å². The number of benzene rings is 4. The number of H-pyrrole nitrogens is 1. The van der Waals surface area contributed by atoms with E-state index in [1.165, 1.54) is 37.1 Å². The van der Waals surface area contributed by atoms with E-state index in [0.29, 0.717) is 85.4 Å². The maximum atomic E-state index is 14.3. The van der Waals surface area contributed by atoms with Crippen LogP contribution in [0.5, 0.6) is 11.5 Å². The van der Waals surface area contributed by atoms with Gasteiger partial charge in [0.05, 0.1) is 70.2 Å². The van der Waals surface area contributed by atoms with Crippen LogP contribution in [0.2, 0.25) is 10.0 Å². The van der Waals surface area contributed by atoms with Crippen LogP contribution < -0.4 is 25.4 Å². The van der Waals surface area contributed by atoms with Crippen LogP contribution >= 0.6 is 23.2 Å². The van der Waals surface area contributed by atoms with Crippen molar-refractivity contribution in [2.45, 2.75) is 25.2 Å². The minimum Gasteiger partial charge on any atom is -0.496 e. The van der Waals surface area contributed by atoms with E-state index < -0.39 is 24.8 Å². The van der Waals surface area contributed by atoms with Gasteiger partial charge in [-0.15, -0.1) is 10.2 Å². The van der Waals surface area contributed by atoms with Crippen molar-refractivity contribution >= 4 is 80.1 Å². The van der Waals surface area contributed by atoms with Crippen molar-refractivity contribution < 1.29 is 32.2 Å². The molecule has 0 bridgehead atoms. The monoisotopic (exact) mass is 928 g/mol. The van der Waals surface area contributed by atoms with Crippen molar-refractivity contribution in [2.75, 3.05) is 37.9 Å². The highest BCUT2D eigenvalue weighted by atomic mass is 35.5. The molecule has 0 spiro atoms. The van der Waals surface area contributed by atoms with Crippen molar-refractivity contribution in [1.82, 2.24) is 59.7 Å². The van der Waals surface area contributed by atoms with Crippen LogP contribution in [-0.2, 0) is 14.1 Å². The largest absolute Gasteiger partial charge is 0.496 e. The molecule has 1 saturated heterocycles. The summed E-state index contributed by atoms with van der Waals surface area (Å²) in [6, 6.07) is 16.9. The Morgan fingerprint density at radius 3 is 2.05 bits per heavy atom. The molecule has 1 unspecified atom stereocenters. The molecule has 18 nitrogen and oxygen atoms in total. The summed E-state index contributed by atoms with van der Waals surface area (Å²) in [4.78, 5) is 37.8. The maximum Gasteiger partial charge on any atom is 0.405 e. The summed E-state index contributed by atoms with van der Waals surface area (Å²) in [5, 5.41) is 31.2. The highest BCUT2D eigenvalue weighted by molar-refractivity contribution is 6.38. The lowest BCUT2D eigenvalue weighted by Gasteiger charge is -2.26. The van der Waals surface area contributed by atoms with Crippen LogP contribution in [0, 0.1) is 0 Å². The number of nitrogens with one attached hydrogen (secondary N) is 4. The van der Waals surface area contributed by atoms with Crippen molar-refractivity contribution in [2.24, 2.45) is 14.1 Å². The Bertz CT molecular complexity index is 3140. The number of amides is 2. The molecule has 1 atom stereocenters. The Morgan fingerprint density at radius 1 is 0.815 bits per heavy atom. The zero-order valence-corrected chi connectivity index (χ0v) is 36.3. The van der Waals surface area contributed by atoms with Gasteiger partial charge in [0.15, 0.2) is 11.6 Å². The summed E-state index contributed by atoms with van der Waals surface area (Å²) in [5.41, 5.74) is 4.02. The number of hydrogen-bond donors (Lipinski definition) is 4. The maximum absolute atomic E-state index is 14.3. The zero-order valence-electron chi connectivity index (χ0n) is 34.8. The molecule has 4 aromatic heterocycles. The Balaban J connectivity index is 0.913. The lowest BCUT2D eigenvalue weighted by molar-refractivity contribution is -0.123. The second-order valence-electron chi connectivity index (χ2n) is 15.0. The number of methoxy groups -OCH3 is 2. The highest BCUT2D eigenvalue weighted by Gasteiger charge is 2.34. The van der Waals surface area contributed by atoms with Gasteiger partial charge in [0.25, 0.3) is 11.8 Å². The predicted octanol–water partition coefficient (Wildman–Crippen LogP) is 8.04. The minimum atomic E-state index is -4.57. The molecule has 0 radical (unpaired) electrons. The molecule has 65 heavy (non-hydrogen) atoms. The first-order valence-corrected chi connectivity index (χ1v) is 20.6. The number of carbonyl (C=O) groups excluding carboxylic acids is 2. The zero-order chi connectivity index (χ0) is 45.7. The average molecular weight is 930 g/mol. The van der Waals surface area contributed by atoms with Gasteiger partial charge in [-0.25, -0.2) is 14.0 Å². The van der Waals surface area contributed by atoms with Crippen LogP contribution in [0.15, 0.2) is 73.1 Å². The molecule has 334 valence electrons. The number of aromatic nitrogens is 10. The lowest BCUT2D eigenvalue weighted by atomic mass is 10.1. The van der Waals surface area contributed by atoms with E-state index in [1.54, 1.807) is 65.0 Å². The second kappa shape index (κ2) is 17.0. The van der Waals surface area contributed by atoms with Crippen molar-refractivity contribution in [1.29, 1.82) is 0 Å². The molecule has 4 N–H and O–H groups in total. The Kier molecular flexibility index (Phi) is 11.2. The molecule has 8 aromatic rings. The number of alkyl halides is 3. The molecular weight excluding hydrogens is 892 g/mol. The fraction of sp³-hybridized carbons (Fsp3) is 0.238. The van der Waals surface area contributed by atoms with Crippen LogP contribution in [0.1, 0.15) is 39.7 Å². The molecule has 2 amide bonds. The third kappa shape index (κ3) is 8.19. The summed E-state index contributed by atoms with van der Waals surface area (Å²) in [5.74, 6) is 0.645. The van der Waals surface area contributed by atoms with E-state index in [4.69, 9.17) is 42.8 Å². The summed E-state index contributed by atoms with van der Waals surface area (Å²) >= 11 is 13.6. The molecule has 1 fully saturated rings. The smallest absolute Gasteiger partial charge is 0.405 e. The topological polar surface area (TPSA) is 200 Å². The molecule has 5 heterocycles. The van der Waals surface area contributed by atoms with Gasteiger partial charge in [-0.1, -0.05) is 35.3 Å². The van der Waals surface area contributed by atoms with Gasteiger partial charge in [-0.3, -0.25) is 14.7 Å². The number of aryl methyl sites for hydroxylation is 2. The average Bonchev–Trinajstić information content (AvgIpc) is 4.16. The van der Waals surface area contributed by atoms with Crippen LogP contribution in [0.25, 0.3) is 44.6 Å². The Morgan fingerprint density at radius 2 is 1.42 bits per heavy atom. The molecule has 4 aromatic carbocycles. The van der Waals surface area contributed by atoms with Crippen LogP contribution in [-0.4, -0.2) is 99.7 Å². The summed E-state index contributed by atoms with van der Waals surface area (Å²) in [7, 11) is 6.23. The third-order valence-electron chi connectivity index (χ3n) is 10.9. The molecule has 23 heteroatoms. The van der Waals surface area contributed by atoms with Gasteiger partial charge in [-0.2, -0.15) is 33.3 Å². The van der Waals surface area contributed by atoms with Crippen LogP contribution in [0.4, 0.5) is 36.4 Å². The third-order valence-corrected chi connectivity index (χ3v) is 11.7. The molecular formula is C42H37Cl2F3N14O4. The SMILES string of the molecule is COc1cc(-c2nc(Nc3ccc4c(cnn4C4CCCN4C(=O)c4ccc(-c5nc(Nc6ccc7[nH]ncc7c6Cl)n(C)n5)cc4OC)c3Cl)n(C)n2)ccc1C(=O)NCC(F)(F)F. The number of aromatic amines is 1. The second-order valence-corrected chi connectivity index (χ2v) is 15.7. The number of carbonyl (C=O) groups is 2. The van der Waals surface area contributed by atoms with E-state index in [0.717, 1.165) is 17.3 Å². The number of fused-ring (bicyclic) bond motifs is 2. The fourth-order valence-corrected chi connectivity index (χ4v) is 8.19. The van der Waals surface area contributed by atoms with Crippen molar-refractivity contribution in [3.63, 3.8) is 0 Å². The van der Waals surface area contributed by atoms with E-state index in [9.17, 15) is 22.8 Å². The quantitative estimate of drug-likeness (QED) is 0.0921. The van der Waals surface area contributed by atoms with Crippen LogP contribution in [0.3, 0.4) is 0 Å². The number of ether oxygens (including phenoxy) is 2. The van der Waals surface area contributed by atoms with Gasteiger partial charge in [-0.05, 0) is 61.4 Å². The number of hydrogen-bond acceptors (Lipinski definition) is 12. The number of anilines is 4. The predicted molar refractivity (Wildman–Crippen MR) is 236 cm³/mol. The summed E-state index contributed by atoms with van der Waals surface area (Å²) in [6.45, 7) is -0.995. The molecule has 0 saturated carbocycles. The normalized spacial score (nSPS) is 14.0. The summed E-state index contributed by atoms with van der Waals surface area (Å²) < 4.78 is 54.0. The summed E-state index contributed by atoms with van der Waals surface area (Å²) in [6.07, 6.45) is -0.295. The first kappa shape index (κ1) is 42.9. The van der Waals surface area contributed by atoms with Gasteiger partial charge < -0.3 is 30.3 Å². The van der Waals surface area contributed by atoms with Crippen molar-refractivity contribution in [3.8, 4) is 34.3 Å². The molecule has 1 aliphatic heterocycles. The Hall–Kier alpha value is -7.39. The fourth-order valence-electron chi connectivity index (χ4n) is 7.67. The van der Waals surface area contributed by atoms with Gasteiger partial charge >= 0.3 is 6.18 Å². The number of rotatable bonds is 12. The number of halogens is 5. The van der Waals surface area contributed by atoms with E-state index in [2.05, 4.69) is 36.0 Å². The molecule has 0 aliphatic carbocycles. The van der Waals surface area contributed by atoms with E-state index in [-0.39, 0.29) is 23.0 Å². The number of nitrogens with zero attached hydrogens (tertiary/aromatic N) is 10. The van der Waals surface area contributed by atoms with Gasteiger partial charge in [0.1, 0.15) is 24.2 Å². The highest BCUT2D eigenvalue weighted by Crippen LogP contribution is 2.39. The first-order chi connectivity index (χ1) is 31.2. The number of likely N-dealkylation sites (tertiary alicyclic amines) is 1. The minimum absolute atomic E-state index is 0.0444. The van der Waals surface area contributed by atoms with E-state index in [1.807, 2.05) is 23.5 Å². The van der Waals surface area contributed by atoms with Gasteiger partial charge in [0.2, 0.25) is 11.9 Å². The molecule has 1 aliphatic rings. The van der Waals surface area contributed by atoms with Crippen molar-refractivity contribution in [3.05, 3.63) is 94.2 Å².